The number of fused-ring (bicyclic) bond motifs is 1. The van der Waals surface area contributed by atoms with Crippen LogP contribution in [0.1, 0.15) is 20.2 Å². The zero-order valence-electron chi connectivity index (χ0n) is 10.6. The molecular formula is C14H11BrN2OS2. The number of benzene rings is 1. The van der Waals surface area contributed by atoms with Gasteiger partial charge in [0.05, 0.1) is 25.4 Å². The van der Waals surface area contributed by atoms with Gasteiger partial charge in [-0.15, -0.1) is 22.7 Å². The van der Waals surface area contributed by atoms with E-state index in [-0.39, 0.29) is 5.91 Å². The highest BCUT2D eigenvalue weighted by Gasteiger charge is 2.12. The molecular weight excluding hydrogens is 356 g/mol. The van der Waals surface area contributed by atoms with Crippen molar-refractivity contribution in [2.45, 2.75) is 13.5 Å². The normalized spacial score (nSPS) is 10.9. The van der Waals surface area contributed by atoms with Gasteiger partial charge in [0.2, 0.25) is 0 Å². The second-order valence-corrected chi connectivity index (χ2v) is 7.81. The molecule has 1 aromatic carbocycles. The molecule has 2 heterocycles. The molecule has 0 aliphatic rings. The molecule has 2 aromatic heterocycles. The van der Waals surface area contributed by atoms with Crippen LogP contribution >= 0.6 is 38.6 Å². The van der Waals surface area contributed by atoms with Gasteiger partial charge < -0.3 is 5.32 Å². The summed E-state index contributed by atoms with van der Waals surface area (Å²) in [6.07, 6.45) is 0. The Morgan fingerprint density at radius 2 is 2.15 bits per heavy atom. The lowest BCUT2D eigenvalue weighted by Gasteiger charge is -1.99. The molecule has 0 spiro atoms. The van der Waals surface area contributed by atoms with Gasteiger partial charge in [0.1, 0.15) is 5.01 Å². The minimum absolute atomic E-state index is 0.0527. The molecule has 0 saturated heterocycles. The van der Waals surface area contributed by atoms with Crippen LogP contribution in [0.15, 0.2) is 34.1 Å². The molecule has 0 radical (unpaired) electrons. The standard InChI is InChI=1S/C14H11BrN2OS2/c1-8-6-11(20-13(8)15)14(18)16-7-12-17-9-4-2-3-5-10(9)19-12/h2-6H,7H2,1H3,(H,16,18). The lowest BCUT2D eigenvalue weighted by molar-refractivity contribution is 0.0955. The van der Waals surface area contributed by atoms with Crippen LogP contribution in [0.4, 0.5) is 0 Å². The maximum atomic E-state index is 12.1. The second-order valence-electron chi connectivity index (χ2n) is 4.33. The molecule has 0 aliphatic carbocycles. The van der Waals surface area contributed by atoms with E-state index >= 15 is 0 Å². The van der Waals surface area contributed by atoms with Gasteiger partial charge in [-0.3, -0.25) is 4.79 Å². The number of hydrogen-bond donors (Lipinski definition) is 1. The van der Waals surface area contributed by atoms with Gasteiger partial charge in [-0.2, -0.15) is 0 Å². The van der Waals surface area contributed by atoms with Crippen LogP contribution in [0.5, 0.6) is 0 Å². The van der Waals surface area contributed by atoms with Crippen molar-refractivity contribution in [3.05, 3.63) is 49.6 Å². The number of para-hydroxylation sites is 1. The van der Waals surface area contributed by atoms with Crippen molar-refractivity contribution >= 4 is 54.7 Å². The predicted molar refractivity (Wildman–Crippen MR) is 87.5 cm³/mol. The van der Waals surface area contributed by atoms with E-state index in [2.05, 4.69) is 26.2 Å². The molecule has 102 valence electrons. The van der Waals surface area contributed by atoms with Crippen molar-refractivity contribution in [3.8, 4) is 0 Å². The van der Waals surface area contributed by atoms with Crippen molar-refractivity contribution in [1.29, 1.82) is 0 Å². The number of halogens is 1. The van der Waals surface area contributed by atoms with E-state index in [1.807, 2.05) is 37.3 Å². The maximum Gasteiger partial charge on any atom is 0.261 e. The number of rotatable bonds is 3. The molecule has 1 N–H and O–H groups in total. The first-order valence-electron chi connectivity index (χ1n) is 6.02. The molecule has 1 amide bonds. The highest BCUT2D eigenvalue weighted by Crippen LogP contribution is 2.27. The lowest BCUT2D eigenvalue weighted by atomic mass is 10.3. The van der Waals surface area contributed by atoms with Crippen LogP contribution in [0, 0.1) is 6.92 Å². The highest BCUT2D eigenvalue weighted by molar-refractivity contribution is 9.11. The number of nitrogens with zero attached hydrogens (tertiary/aromatic N) is 1. The van der Waals surface area contributed by atoms with Crippen molar-refractivity contribution in [3.63, 3.8) is 0 Å². The van der Waals surface area contributed by atoms with E-state index in [1.54, 1.807) is 11.3 Å². The third-order valence-electron chi connectivity index (χ3n) is 2.82. The fourth-order valence-electron chi connectivity index (χ4n) is 1.81. The number of carbonyl (C=O) groups is 1. The maximum absolute atomic E-state index is 12.1. The van der Waals surface area contributed by atoms with Crippen molar-refractivity contribution < 1.29 is 4.79 Å². The number of thiazole rings is 1. The highest BCUT2D eigenvalue weighted by atomic mass is 79.9. The summed E-state index contributed by atoms with van der Waals surface area (Å²) < 4.78 is 2.15. The Kier molecular flexibility index (Phi) is 3.87. The third-order valence-corrected chi connectivity index (χ3v) is 5.99. The van der Waals surface area contributed by atoms with Crippen LogP contribution in [0.3, 0.4) is 0 Å². The molecule has 0 aliphatic heterocycles. The van der Waals surface area contributed by atoms with E-state index in [9.17, 15) is 4.79 Å². The van der Waals surface area contributed by atoms with E-state index in [0.717, 1.165) is 29.5 Å². The van der Waals surface area contributed by atoms with Crippen LogP contribution in [0.25, 0.3) is 10.2 Å². The van der Waals surface area contributed by atoms with Gasteiger partial charge in [0.25, 0.3) is 5.91 Å². The number of nitrogens with one attached hydrogen (secondary N) is 1. The van der Waals surface area contributed by atoms with Gasteiger partial charge in [0.15, 0.2) is 0 Å². The SMILES string of the molecule is Cc1cc(C(=O)NCc2nc3ccccc3s2)sc1Br. The van der Waals surface area contributed by atoms with Crippen LogP contribution < -0.4 is 5.32 Å². The summed E-state index contributed by atoms with van der Waals surface area (Å²) in [7, 11) is 0. The Labute approximate surface area is 132 Å². The fraction of sp³-hybridized carbons (Fsp3) is 0.143. The van der Waals surface area contributed by atoms with Crippen molar-refractivity contribution in [2.24, 2.45) is 0 Å². The van der Waals surface area contributed by atoms with Crippen molar-refractivity contribution in [1.82, 2.24) is 10.3 Å². The van der Waals surface area contributed by atoms with Gasteiger partial charge >= 0.3 is 0 Å². The van der Waals surface area contributed by atoms with E-state index < -0.39 is 0 Å². The molecule has 0 bridgehead atoms. The largest absolute Gasteiger partial charge is 0.345 e. The average Bonchev–Trinajstić information content (AvgIpc) is 3.00. The van der Waals surface area contributed by atoms with E-state index in [0.29, 0.717) is 6.54 Å². The van der Waals surface area contributed by atoms with E-state index in [1.165, 1.54) is 11.3 Å². The molecule has 6 heteroatoms. The summed E-state index contributed by atoms with van der Waals surface area (Å²) >= 11 is 6.49. The van der Waals surface area contributed by atoms with Gasteiger partial charge in [-0.25, -0.2) is 4.98 Å². The quantitative estimate of drug-likeness (QED) is 0.748. The summed E-state index contributed by atoms with van der Waals surface area (Å²) in [5.74, 6) is -0.0527. The lowest BCUT2D eigenvalue weighted by Crippen LogP contribution is -2.21. The number of thiophene rings is 1. The topological polar surface area (TPSA) is 42.0 Å². The summed E-state index contributed by atoms with van der Waals surface area (Å²) in [4.78, 5) is 17.3. The smallest absolute Gasteiger partial charge is 0.261 e. The Balaban J connectivity index is 1.71. The molecule has 0 unspecified atom stereocenters. The minimum atomic E-state index is -0.0527. The number of aryl methyl sites for hydroxylation is 1. The Morgan fingerprint density at radius 1 is 1.35 bits per heavy atom. The minimum Gasteiger partial charge on any atom is -0.345 e. The molecule has 3 rings (SSSR count). The third kappa shape index (κ3) is 2.77. The van der Waals surface area contributed by atoms with Crippen LogP contribution in [-0.4, -0.2) is 10.9 Å². The van der Waals surface area contributed by atoms with Gasteiger partial charge in [-0.1, -0.05) is 12.1 Å². The Bertz CT molecular complexity index is 726. The monoisotopic (exact) mass is 366 g/mol. The summed E-state index contributed by atoms with van der Waals surface area (Å²) in [6.45, 7) is 2.44. The summed E-state index contributed by atoms with van der Waals surface area (Å²) in [6, 6.07) is 9.88. The van der Waals surface area contributed by atoms with Crippen LogP contribution in [0.2, 0.25) is 0 Å². The molecule has 0 atom stereocenters. The van der Waals surface area contributed by atoms with Crippen molar-refractivity contribution in [2.75, 3.05) is 0 Å². The zero-order chi connectivity index (χ0) is 14.1. The first-order chi connectivity index (χ1) is 9.63. The predicted octanol–water partition coefficient (Wildman–Crippen LogP) is 4.36. The first kappa shape index (κ1) is 13.7. The number of aromatic nitrogens is 1. The first-order valence-corrected chi connectivity index (χ1v) is 8.44. The summed E-state index contributed by atoms with van der Waals surface area (Å²) in [5.41, 5.74) is 2.07. The summed E-state index contributed by atoms with van der Waals surface area (Å²) in [5, 5.41) is 3.84. The number of carbonyl (C=O) groups excluding carboxylic acids is 1. The number of hydrogen-bond acceptors (Lipinski definition) is 4. The molecule has 0 saturated carbocycles. The fourth-order valence-corrected chi connectivity index (χ4v) is 4.17. The Hall–Kier alpha value is -1.24. The molecule has 3 nitrogen and oxygen atoms in total. The average molecular weight is 367 g/mol. The van der Waals surface area contributed by atoms with Crippen LogP contribution in [-0.2, 0) is 6.54 Å². The number of amides is 1. The van der Waals surface area contributed by atoms with E-state index in [4.69, 9.17) is 0 Å². The Morgan fingerprint density at radius 3 is 2.85 bits per heavy atom. The second kappa shape index (κ2) is 5.63. The van der Waals surface area contributed by atoms with Gasteiger partial charge in [0, 0.05) is 0 Å². The molecule has 0 fully saturated rings. The van der Waals surface area contributed by atoms with Gasteiger partial charge in [-0.05, 0) is 46.6 Å². The molecule has 3 aromatic rings. The molecule has 20 heavy (non-hydrogen) atoms. The zero-order valence-corrected chi connectivity index (χ0v) is 13.9.